The summed E-state index contributed by atoms with van der Waals surface area (Å²) in [4.78, 5) is 11.9. The second kappa shape index (κ2) is 6.42. The van der Waals surface area contributed by atoms with E-state index in [-0.39, 0.29) is 16.8 Å². The summed E-state index contributed by atoms with van der Waals surface area (Å²) in [6, 6.07) is 5.28. The van der Waals surface area contributed by atoms with E-state index in [0.29, 0.717) is 15.2 Å². The van der Waals surface area contributed by atoms with Gasteiger partial charge in [0, 0.05) is 4.47 Å². The molecule has 0 saturated carbocycles. The number of benzene rings is 1. The van der Waals surface area contributed by atoms with Crippen LogP contribution in [-0.4, -0.2) is 5.91 Å². The van der Waals surface area contributed by atoms with Crippen LogP contribution in [0.4, 0.5) is 5.69 Å². The predicted octanol–water partition coefficient (Wildman–Crippen LogP) is 4.49. The summed E-state index contributed by atoms with van der Waals surface area (Å²) in [6.45, 7) is 3.62. The molecule has 0 heterocycles. The summed E-state index contributed by atoms with van der Waals surface area (Å²) >= 11 is 15.2. The van der Waals surface area contributed by atoms with Crippen molar-refractivity contribution in [2.24, 2.45) is 11.8 Å². The maximum absolute atomic E-state index is 11.9. The number of amides is 1. The molecule has 1 amide bonds. The fraction of sp³-hybridized carbons (Fsp3) is 0.333. The number of nitrogens with zero attached hydrogens (tertiary/aromatic N) is 1. The molecule has 1 aromatic carbocycles. The second-order valence-electron chi connectivity index (χ2n) is 4.06. The van der Waals surface area contributed by atoms with Gasteiger partial charge in [-0.05, 0) is 34.0 Å². The molecule has 1 rings (SSSR count). The Morgan fingerprint density at radius 3 is 2.50 bits per heavy atom. The van der Waals surface area contributed by atoms with Crippen LogP contribution in [0.5, 0.6) is 0 Å². The first-order valence-electron chi connectivity index (χ1n) is 5.22. The van der Waals surface area contributed by atoms with Crippen LogP contribution in [-0.2, 0) is 4.79 Å². The molecule has 0 radical (unpaired) electrons. The Kier molecular flexibility index (Phi) is 5.46. The molecule has 0 saturated heterocycles. The van der Waals surface area contributed by atoms with E-state index in [1.165, 1.54) is 0 Å². The van der Waals surface area contributed by atoms with Gasteiger partial charge in [0.2, 0.25) is 5.91 Å². The standard InChI is InChI=1S/C12H11BrCl2N2O/c1-6(2)7(5-16)12(18)17-9-4-3-8(13)10(14)11(9)15/h3-4,6-7H,1-2H3,(H,17,18). The maximum Gasteiger partial charge on any atom is 0.242 e. The lowest BCUT2D eigenvalue weighted by atomic mass is 9.96. The molecule has 0 bridgehead atoms. The third-order valence-electron chi connectivity index (χ3n) is 2.38. The summed E-state index contributed by atoms with van der Waals surface area (Å²) in [6.07, 6.45) is 0. The molecule has 1 unspecified atom stereocenters. The van der Waals surface area contributed by atoms with Gasteiger partial charge in [0.1, 0.15) is 5.92 Å². The van der Waals surface area contributed by atoms with Crippen LogP contribution in [0.2, 0.25) is 10.0 Å². The fourth-order valence-electron chi connectivity index (χ4n) is 1.34. The molecule has 96 valence electrons. The van der Waals surface area contributed by atoms with Gasteiger partial charge in [0.25, 0.3) is 0 Å². The molecule has 0 aliphatic rings. The zero-order chi connectivity index (χ0) is 13.9. The van der Waals surface area contributed by atoms with Crippen molar-refractivity contribution in [3.63, 3.8) is 0 Å². The zero-order valence-electron chi connectivity index (χ0n) is 9.80. The average Bonchev–Trinajstić information content (AvgIpc) is 2.30. The van der Waals surface area contributed by atoms with Crippen molar-refractivity contribution >= 4 is 50.7 Å². The van der Waals surface area contributed by atoms with Gasteiger partial charge in [-0.25, -0.2) is 0 Å². The Balaban J connectivity index is 2.96. The Morgan fingerprint density at radius 2 is 2.00 bits per heavy atom. The first-order chi connectivity index (χ1) is 8.38. The summed E-state index contributed by atoms with van der Waals surface area (Å²) in [5, 5.41) is 12.1. The lowest BCUT2D eigenvalue weighted by molar-refractivity contribution is -0.119. The molecule has 18 heavy (non-hydrogen) atoms. The quantitative estimate of drug-likeness (QED) is 0.817. The topological polar surface area (TPSA) is 52.9 Å². The third kappa shape index (κ3) is 3.38. The van der Waals surface area contributed by atoms with Crippen LogP contribution >= 0.6 is 39.1 Å². The second-order valence-corrected chi connectivity index (χ2v) is 5.67. The van der Waals surface area contributed by atoms with E-state index in [4.69, 9.17) is 28.5 Å². The van der Waals surface area contributed by atoms with Gasteiger partial charge < -0.3 is 5.32 Å². The minimum Gasteiger partial charge on any atom is -0.324 e. The predicted molar refractivity (Wildman–Crippen MR) is 76.7 cm³/mol. The normalized spacial score (nSPS) is 12.1. The van der Waals surface area contributed by atoms with Gasteiger partial charge >= 0.3 is 0 Å². The average molecular weight is 350 g/mol. The number of halogens is 3. The lowest BCUT2D eigenvalue weighted by Gasteiger charge is -2.14. The van der Waals surface area contributed by atoms with Gasteiger partial charge in [0.15, 0.2) is 0 Å². The summed E-state index contributed by atoms with van der Waals surface area (Å²) < 4.78 is 0.646. The minimum atomic E-state index is -0.719. The highest BCUT2D eigenvalue weighted by Crippen LogP contribution is 2.36. The molecule has 3 nitrogen and oxygen atoms in total. The Labute approximate surface area is 124 Å². The van der Waals surface area contributed by atoms with Crippen LogP contribution in [0.25, 0.3) is 0 Å². The number of nitriles is 1. The Bertz CT molecular complexity index is 512. The molecule has 1 atom stereocenters. The van der Waals surface area contributed by atoms with E-state index in [9.17, 15) is 4.79 Å². The van der Waals surface area contributed by atoms with Crippen molar-refractivity contribution in [3.05, 3.63) is 26.7 Å². The van der Waals surface area contributed by atoms with Crippen LogP contribution in [0.15, 0.2) is 16.6 Å². The van der Waals surface area contributed by atoms with Gasteiger partial charge in [-0.3, -0.25) is 4.79 Å². The molecular formula is C12H11BrCl2N2O. The van der Waals surface area contributed by atoms with Gasteiger partial charge in [-0.1, -0.05) is 37.0 Å². The number of carbonyl (C=O) groups excluding carboxylic acids is 1. The zero-order valence-corrected chi connectivity index (χ0v) is 12.9. The van der Waals surface area contributed by atoms with E-state index < -0.39 is 5.92 Å². The highest BCUT2D eigenvalue weighted by atomic mass is 79.9. The van der Waals surface area contributed by atoms with E-state index >= 15 is 0 Å². The van der Waals surface area contributed by atoms with Crippen molar-refractivity contribution in [1.82, 2.24) is 0 Å². The number of anilines is 1. The Hall–Kier alpha value is -0.760. The van der Waals surface area contributed by atoms with Crippen molar-refractivity contribution in [2.45, 2.75) is 13.8 Å². The monoisotopic (exact) mass is 348 g/mol. The molecule has 0 aromatic heterocycles. The number of hydrogen-bond donors (Lipinski definition) is 1. The van der Waals surface area contributed by atoms with E-state index in [1.54, 1.807) is 12.1 Å². The van der Waals surface area contributed by atoms with E-state index in [2.05, 4.69) is 21.2 Å². The molecule has 0 aliphatic heterocycles. The number of rotatable bonds is 3. The first kappa shape index (κ1) is 15.3. The highest BCUT2D eigenvalue weighted by molar-refractivity contribution is 9.10. The number of nitrogens with one attached hydrogen (secondary N) is 1. The number of carbonyl (C=O) groups is 1. The fourth-order valence-corrected chi connectivity index (χ4v) is 2.16. The van der Waals surface area contributed by atoms with Crippen LogP contribution in [0, 0.1) is 23.2 Å². The van der Waals surface area contributed by atoms with Crippen molar-refractivity contribution < 1.29 is 4.79 Å². The maximum atomic E-state index is 11.9. The smallest absolute Gasteiger partial charge is 0.242 e. The SMILES string of the molecule is CC(C)C(C#N)C(=O)Nc1ccc(Br)c(Cl)c1Cl. The molecular weight excluding hydrogens is 339 g/mol. The van der Waals surface area contributed by atoms with Crippen molar-refractivity contribution in [3.8, 4) is 6.07 Å². The molecule has 0 fully saturated rings. The van der Waals surface area contributed by atoms with Gasteiger partial charge in [-0.2, -0.15) is 5.26 Å². The lowest BCUT2D eigenvalue weighted by Crippen LogP contribution is -2.25. The highest BCUT2D eigenvalue weighted by Gasteiger charge is 2.22. The summed E-state index contributed by atoms with van der Waals surface area (Å²) in [5.41, 5.74) is 0.399. The number of hydrogen-bond acceptors (Lipinski definition) is 2. The Morgan fingerprint density at radius 1 is 1.39 bits per heavy atom. The largest absolute Gasteiger partial charge is 0.324 e. The van der Waals surface area contributed by atoms with Crippen LogP contribution in [0.1, 0.15) is 13.8 Å². The summed E-state index contributed by atoms with van der Waals surface area (Å²) in [7, 11) is 0. The van der Waals surface area contributed by atoms with Gasteiger partial charge in [-0.15, -0.1) is 0 Å². The first-order valence-corrected chi connectivity index (χ1v) is 6.77. The molecule has 0 spiro atoms. The summed E-state index contributed by atoms with van der Waals surface area (Å²) in [5.74, 6) is -1.17. The third-order valence-corrected chi connectivity index (χ3v) is 4.15. The van der Waals surface area contributed by atoms with Crippen LogP contribution in [0.3, 0.4) is 0 Å². The van der Waals surface area contributed by atoms with Gasteiger partial charge in [0.05, 0.1) is 21.8 Å². The molecule has 1 aromatic rings. The molecule has 1 N–H and O–H groups in total. The van der Waals surface area contributed by atoms with E-state index in [0.717, 1.165) is 0 Å². The molecule has 6 heteroatoms. The van der Waals surface area contributed by atoms with Crippen molar-refractivity contribution in [2.75, 3.05) is 5.32 Å². The van der Waals surface area contributed by atoms with E-state index in [1.807, 2.05) is 19.9 Å². The molecule has 0 aliphatic carbocycles. The van der Waals surface area contributed by atoms with Crippen molar-refractivity contribution in [1.29, 1.82) is 5.26 Å². The minimum absolute atomic E-state index is 0.0697. The van der Waals surface area contributed by atoms with Crippen LogP contribution < -0.4 is 5.32 Å².